The Balaban J connectivity index is 0.00000320. The van der Waals surface area contributed by atoms with Crippen molar-refractivity contribution in [1.29, 1.82) is 0 Å². The molecule has 1 fully saturated rings. The van der Waals surface area contributed by atoms with Crippen LogP contribution in [0.4, 0.5) is 0 Å². The quantitative estimate of drug-likeness (QED) is 0.337. The molecular weight excluding hydrogens is 493 g/mol. The second kappa shape index (κ2) is 12.0. The third kappa shape index (κ3) is 6.52. The van der Waals surface area contributed by atoms with E-state index in [0.29, 0.717) is 18.5 Å². The van der Waals surface area contributed by atoms with Crippen LogP contribution in [0.5, 0.6) is 11.5 Å². The largest absolute Gasteiger partial charge is 0.497 e. The van der Waals surface area contributed by atoms with Gasteiger partial charge in [-0.05, 0) is 38.3 Å². The predicted octanol–water partition coefficient (Wildman–Crippen LogP) is 3.83. The van der Waals surface area contributed by atoms with Crippen LogP contribution in [-0.2, 0) is 0 Å². The van der Waals surface area contributed by atoms with Gasteiger partial charge in [-0.3, -0.25) is 0 Å². The highest BCUT2D eigenvalue weighted by Gasteiger charge is 2.29. The molecule has 1 aliphatic heterocycles. The molecule has 2 heterocycles. The first-order valence-electron chi connectivity index (χ1n) is 10.4. The summed E-state index contributed by atoms with van der Waals surface area (Å²) in [6.45, 7) is 9.81. The van der Waals surface area contributed by atoms with Gasteiger partial charge in [0.15, 0.2) is 5.96 Å². The number of imidazole rings is 1. The number of guanidine groups is 1. The van der Waals surface area contributed by atoms with Gasteiger partial charge in [0.2, 0.25) is 0 Å². The van der Waals surface area contributed by atoms with E-state index in [2.05, 4.69) is 39.8 Å². The third-order valence-electron chi connectivity index (χ3n) is 5.34. The number of hydrogen-bond donors (Lipinski definition) is 1. The molecular formula is C22H34IN5O2. The summed E-state index contributed by atoms with van der Waals surface area (Å²) in [6, 6.07) is 8.08. The summed E-state index contributed by atoms with van der Waals surface area (Å²) in [5.41, 5.74) is 0. The molecule has 1 aromatic heterocycles. The number of rotatable bonds is 7. The Bertz CT molecular complexity index is 784. The summed E-state index contributed by atoms with van der Waals surface area (Å²) < 4.78 is 13.5. The lowest BCUT2D eigenvalue weighted by atomic mass is 9.93. The molecule has 7 nitrogen and oxygen atoms in total. The van der Waals surface area contributed by atoms with Crippen molar-refractivity contribution >= 4 is 29.9 Å². The van der Waals surface area contributed by atoms with Crippen LogP contribution in [0.3, 0.4) is 0 Å². The summed E-state index contributed by atoms with van der Waals surface area (Å²) in [7, 11) is 1.66. The Hall–Kier alpha value is -1.97. The van der Waals surface area contributed by atoms with Crippen molar-refractivity contribution in [1.82, 2.24) is 19.8 Å². The van der Waals surface area contributed by atoms with Crippen LogP contribution in [0.25, 0.3) is 0 Å². The van der Waals surface area contributed by atoms with Gasteiger partial charge in [0.05, 0.1) is 26.0 Å². The second-order valence-corrected chi connectivity index (χ2v) is 7.59. The molecule has 0 aliphatic carbocycles. The minimum Gasteiger partial charge on any atom is -0.497 e. The van der Waals surface area contributed by atoms with E-state index >= 15 is 0 Å². The third-order valence-corrected chi connectivity index (χ3v) is 5.34. The van der Waals surface area contributed by atoms with Crippen molar-refractivity contribution < 1.29 is 9.47 Å². The average molecular weight is 527 g/mol. The number of ether oxygens (including phenoxy) is 2. The molecule has 0 amide bonds. The number of likely N-dealkylation sites (tertiary alicyclic amines) is 1. The number of nitrogens with zero attached hydrogens (tertiary/aromatic N) is 4. The Morgan fingerprint density at radius 1 is 1.37 bits per heavy atom. The molecule has 3 atom stereocenters. The van der Waals surface area contributed by atoms with E-state index in [4.69, 9.17) is 14.5 Å². The SMILES string of the molecule is CCNC(=NCC(C)Oc1cccc(OC)c1)N1CCC(C)C(n2ccnc2)C1.I. The maximum absolute atomic E-state index is 6.02. The first-order chi connectivity index (χ1) is 14.1. The fourth-order valence-electron chi connectivity index (χ4n) is 3.68. The molecule has 0 radical (unpaired) electrons. The van der Waals surface area contributed by atoms with Gasteiger partial charge in [-0.15, -0.1) is 24.0 Å². The molecule has 1 aromatic carbocycles. The fraction of sp³-hybridized carbons (Fsp3) is 0.545. The van der Waals surface area contributed by atoms with Crippen LogP contribution in [0.2, 0.25) is 0 Å². The zero-order valence-electron chi connectivity index (χ0n) is 18.3. The summed E-state index contributed by atoms with van der Waals surface area (Å²) in [5.74, 6) is 3.15. The number of aromatic nitrogens is 2. The molecule has 2 aromatic rings. The van der Waals surface area contributed by atoms with Gasteiger partial charge in [-0.1, -0.05) is 13.0 Å². The number of benzene rings is 1. The summed E-state index contributed by atoms with van der Waals surface area (Å²) in [5, 5.41) is 3.45. The van der Waals surface area contributed by atoms with Gasteiger partial charge < -0.3 is 24.3 Å². The Labute approximate surface area is 196 Å². The van der Waals surface area contributed by atoms with Crippen molar-refractivity contribution in [3.8, 4) is 11.5 Å². The van der Waals surface area contributed by atoms with Crippen molar-refractivity contribution in [3.05, 3.63) is 43.0 Å². The molecule has 0 bridgehead atoms. The van der Waals surface area contributed by atoms with Crippen molar-refractivity contribution in [3.63, 3.8) is 0 Å². The standard InChI is InChI=1S/C22H33N5O2.HI/c1-5-24-22(25-14-18(3)29-20-8-6-7-19(13-20)28-4)26-11-9-17(2)21(15-26)27-12-10-23-16-27;/h6-8,10,12-13,16-18,21H,5,9,11,14-15H2,1-4H3,(H,24,25);1H. The van der Waals surface area contributed by atoms with Gasteiger partial charge in [-0.2, -0.15) is 0 Å². The Morgan fingerprint density at radius 3 is 2.87 bits per heavy atom. The Kier molecular flexibility index (Phi) is 9.74. The van der Waals surface area contributed by atoms with E-state index < -0.39 is 0 Å². The lowest BCUT2D eigenvalue weighted by Gasteiger charge is -2.39. The molecule has 1 N–H and O–H groups in total. The van der Waals surface area contributed by atoms with Crippen LogP contribution in [0, 0.1) is 5.92 Å². The minimum atomic E-state index is -0.0380. The molecule has 0 spiro atoms. The smallest absolute Gasteiger partial charge is 0.194 e. The molecule has 1 aliphatic rings. The van der Waals surface area contributed by atoms with Crippen LogP contribution in [0.1, 0.15) is 33.2 Å². The summed E-state index contributed by atoms with van der Waals surface area (Å²) >= 11 is 0. The lowest BCUT2D eigenvalue weighted by molar-refractivity contribution is 0.187. The maximum Gasteiger partial charge on any atom is 0.194 e. The van der Waals surface area contributed by atoms with Crippen molar-refractivity contribution in [2.75, 3.05) is 33.3 Å². The zero-order chi connectivity index (χ0) is 20.6. The number of halogens is 1. The Morgan fingerprint density at radius 2 is 2.17 bits per heavy atom. The zero-order valence-corrected chi connectivity index (χ0v) is 20.7. The summed E-state index contributed by atoms with van der Waals surface area (Å²) in [6.07, 6.45) is 6.91. The van der Waals surface area contributed by atoms with Gasteiger partial charge in [0.25, 0.3) is 0 Å². The predicted molar refractivity (Wildman–Crippen MR) is 131 cm³/mol. The number of piperidine rings is 1. The molecule has 8 heteroatoms. The molecule has 3 unspecified atom stereocenters. The van der Waals surface area contributed by atoms with Gasteiger partial charge in [0.1, 0.15) is 17.6 Å². The number of hydrogen-bond acceptors (Lipinski definition) is 4. The van der Waals surface area contributed by atoms with E-state index in [0.717, 1.165) is 43.5 Å². The summed E-state index contributed by atoms with van der Waals surface area (Å²) in [4.78, 5) is 11.4. The van der Waals surface area contributed by atoms with E-state index in [-0.39, 0.29) is 30.1 Å². The number of nitrogens with one attached hydrogen (secondary N) is 1. The van der Waals surface area contributed by atoms with E-state index in [1.54, 1.807) is 7.11 Å². The highest BCUT2D eigenvalue weighted by Crippen LogP contribution is 2.27. The van der Waals surface area contributed by atoms with Crippen molar-refractivity contribution in [2.45, 2.75) is 39.3 Å². The second-order valence-electron chi connectivity index (χ2n) is 7.59. The fourth-order valence-corrected chi connectivity index (χ4v) is 3.68. The molecule has 0 saturated carbocycles. The number of methoxy groups -OCH3 is 1. The number of aliphatic imine (C=N–C) groups is 1. The highest BCUT2D eigenvalue weighted by atomic mass is 127. The monoisotopic (exact) mass is 527 g/mol. The molecule has 166 valence electrons. The molecule has 1 saturated heterocycles. The highest BCUT2D eigenvalue weighted by molar-refractivity contribution is 14.0. The first kappa shape index (κ1) is 24.3. The average Bonchev–Trinajstić information content (AvgIpc) is 3.26. The lowest BCUT2D eigenvalue weighted by Crippen LogP contribution is -2.49. The maximum atomic E-state index is 6.02. The minimum absolute atomic E-state index is 0. The van der Waals surface area contributed by atoms with Gasteiger partial charge >= 0.3 is 0 Å². The van der Waals surface area contributed by atoms with E-state index in [1.807, 2.05) is 43.7 Å². The van der Waals surface area contributed by atoms with Crippen LogP contribution in [0.15, 0.2) is 48.0 Å². The van der Waals surface area contributed by atoms with Crippen LogP contribution >= 0.6 is 24.0 Å². The molecule has 3 rings (SSSR count). The van der Waals surface area contributed by atoms with Crippen LogP contribution < -0.4 is 14.8 Å². The van der Waals surface area contributed by atoms with E-state index in [1.165, 1.54) is 0 Å². The first-order valence-corrected chi connectivity index (χ1v) is 10.4. The van der Waals surface area contributed by atoms with Crippen molar-refractivity contribution in [2.24, 2.45) is 10.9 Å². The normalized spacial score (nSPS) is 20.3. The van der Waals surface area contributed by atoms with Gasteiger partial charge in [-0.25, -0.2) is 9.98 Å². The van der Waals surface area contributed by atoms with Gasteiger partial charge in [0, 0.05) is 38.1 Å². The van der Waals surface area contributed by atoms with Crippen LogP contribution in [-0.4, -0.2) is 59.8 Å². The topological polar surface area (TPSA) is 63.9 Å². The molecule has 30 heavy (non-hydrogen) atoms. The van der Waals surface area contributed by atoms with E-state index in [9.17, 15) is 0 Å².